The molecule has 0 spiro atoms. The van der Waals surface area contributed by atoms with E-state index in [4.69, 9.17) is 4.42 Å². The number of aliphatic hydroxyl groups is 1. The topological polar surface area (TPSA) is 66.6 Å². The number of hydrogen-bond donors (Lipinski definition) is 1. The quantitative estimate of drug-likeness (QED) is 0.371. The molecule has 0 aliphatic rings. The zero-order valence-electron chi connectivity index (χ0n) is 17.1. The smallest absolute Gasteiger partial charge is 0.247 e. The van der Waals surface area contributed by atoms with E-state index in [1.54, 1.807) is 35.2 Å². The molecule has 2 aromatic heterocycles. The van der Waals surface area contributed by atoms with E-state index in [0.29, 0.717) is 18.0 Å². The van der Waals surface area contributed by atoms with Crippen LogP contribution in [0, 0.1) is 5.82 Å². The third-order valence-corrected chi connectivity index (χ3v) is 5.71. The number of benzene rings is 2. The number of halogens is 1. The lowest BCUT2D eigenvalue weighted by Gasteiger charge is -2.23. The third kappa shape index (κ3) is 5.57. The minimum atomic E-state index is -0.935. The van der Waals surface area contributed by atoms with Crippen LogP contribution in [0.15, 0.2) is 88.9 Å². The van der Waals surface area contributed by atoms with Crippen molar-refractivity contribution in [1.29, 1.82) is 0 Å². The number of carbonyl (C=O) groups is 1. The number of hydrogen-bond acceptors (Lipinski definition) is 5. The minimum Gasteiger partial charge on any atom is -0.467 e. The summed E-state index contributed by atoms with van der Waals surface area (Å²) in [5.41, 5.74) is 2.40. The van der Waals surface area contributed by atoms with Crippen LogP contribution in [0.3, 0.4) is 0 Å². The number of aliphatic hydroxyl groups excluding tert-OH is 1. The second-order valence-corrected chi connectivity index (χ2v) is 8.01. The Morgan fingerprint density at radius 1 is 1.12 bits per heavy atom. The fourth-order valence-corrected chi connectivity index (χ4v) is 3.96. The zero-order chi connectivity index (χ0) is 22.3. The number of rotatable bonds is 8. The van der Waals surface area contributed by atoms with Crippen molar-refractivity contribution in [2.75, 3.05) is 6.54 Å². The molecular formula is C25H21FN2O3S. The second kappa shape index (κ2) is 10.2. The van der Waals surface area contributed by atoms with Gasteiger partial charge in [0, 0.05) is 23.6 Å². The van der Waals surface area contributed by atoms with Gasteiger partial charge in [-0.25, -0.2) is 9.37 Å². The molecule has 162 valence electrons. The van der Waals surface area contributed by atoms with E-state index in [-0.39, 0.29) is 18.3 Å². The average Bonchev–Trinajstić information content (AvgIpc) is 3.51. The Kier molecular flexibility index (Phi) is 6.89. The van der Waals surface area contributed by atoms with Crippen LogP contribution in [-0.4, -0.2) is 27.4 Å². The van der Waals surface area contributed by atoms with E-state index in [1.807, 2.05) is 35.7 Å². The molecule has 7 heteroatoms. The van der Waals surface area contributed by atoms with Crippen molar-refractivity contribution in [3.8, 4) is 10.6 Å². The summed E-state index contributed by atoms with van der Waals surface area (Å²) in [5, 5.41) is 13.1. The molecule has 0 bridgehead atoms. The number of amides is 1. The highest BCUT2D eigenvalue weighted by atomic mass is 32.1. The molecule has 1 amide bonds. The summed E-state index contributed by atoms with van der Waals surface area (Å²) in [7, 11) is 0. The zero-order valence-corrected chi connectivity index (χ0v) is 17.9. The maximum atomic E-state index is 13.1. The van der Waals surface area contributed by atoms with Gasteiger partial charge in [-0.05, 0) is 48.0 Å². The summed E-state index contributed by atoms with van der Waals surface area (Å²) >= 11 is 1.42. The first kappa shape index (κ1) is 21.7. The summed E-state index contributed by atoms with van der Waals surface area (Å²) in [5.74, 6) is -0.148. The van der Waals surface area contributed by atoms with Crippen LogP contribution in [0.4, 0.5) is 4.39 Å². The molecule has 1 N–H and O–H groups in total. The summed E-state index contributed by atoms with van der Waals surface area (Å²) in [4.78, 5) is 19.0. The van der Waals surface area contributed by atoms with E-state index in [2.05, 4.69) is 4.98 Å². The van der Waals surface area contributed by atoms with Crippen molar-refractivity contribution in [2.24, 2.45) is 0 Å². The Labute approximate surface area is 189 Å². The van der Waals surface area contributed by atoms with Gasteiger partial charge < -0.3 is 14.4 Å². The summed E-state index contributed by atoms with van der Waals surface area (Å²) < 4.78 is 18.4. The Hall–Kier alpha value is -3.55. The maximum absolute atomic E-state index is 13.1. The molecule has 0 saturated carbocycles. The molecule has 5 nitrogen and oxygen atoms in total. The largest absolute Gasteiger partial charge is 0.467 e. The molecule has 1 unspecified atom stereocenters. The second-order valence-electron chi connectivity index (χ2n) is 7.15. The molecular weight excluding hydrogens is 427 g/mol. The van der Waals surface area contributed by atoms with Gasteiger partial charge in [0.15, 0.2) is 0 Å². The van der Waals surface area contributed by atoms with Crippen molar-refractivity contribution in [3.63, 3.8) is 0 Å². The predicted molar refractivity (Wildman–Crippen MR) is 122 cm³/mol. The van der Waals surface area contributed by atoms with E-state index >= 15 is 0 Å². The lowest BCUT2D eigenvalue weighted by atomic mass is 10.2. The van der Waals surface area contributed by atoms with Gasteiger partial charge in [0.1, 0.15) is 22.7 Å². The maximum Gasteiger partial charge on any atom is 0.247 e. The SMILES string of the molecule is O=C(C=Cc1csc(-c2ccc(F)cc2)n1)N(Cc1ccccc1)CC(O)c1ccco1. The van der Waals surface area contributed by atoms with E-state index in [1.165, 1.54) is 35.8 Å². The Morgan fingerprint density at radius 3 is 2.62 bits per heavy atom. The van der Waals surface area contributed by atoms with Crippen LogP contribution in [0.5, 0.6) is 0 Å². The van der Waals surface area contributed by atoms with Crippen molar-refractivity contribution in [1.82, 2.24) is 9.88 Å². The molecule has 32 heavy (non-hydrogen) atoms. The van der Waals surface area contributed by atoms with Crippen LogP contribution >= 0.6 is 11.3 Å². The first-order chi connectivity index (χ1) is 15.6. The Balaban J connectivity index is 1.48. The van der Waals surface area contributed by atoms with Gasteiger partial charge in [-0.1, -0.05) is 30.3 Å². The molecule has 2 aromatic carbocycles. The Bertz CT molecular complexity index is 1170. The van der Waals surface area contributed by atoms with E-state index in [9.17, 15) is 14.3 Å². The summed E-state index contributed by atoms with van der Waals surface area (Å²) in [6.45, 7) is 0.434. The van der Waals surface area contributed by atoms with Crippen molar-refractivity contribution >= 4 is 23.3 Å². The van der Waals surface area contributed by atoms with Gasteiger partial charge in [-0.3, -0.25) is 4.79 Å². The standard InChI is InChI=1S/C25H21FN2O3S/c26-20-10-8-19(9-11-20)25-27-21(17-32-25)12-13-24(30)28(15-18-5-2-1-3-6-18)16-22(29)23-7-4-14-31-23/h1-14,17,22,29H,15-16H2. The van der Waals surface area contributed by atoms with Gasteiger partial charge in [0.25, 0.3) is 0 Å². The average molecular weight is 449 g/mol. The lowest BCUT2D eigenvalue weighted by molar-refractivity contribution is -0.128. The molecule has 0 aliphatic carbocycles. The van der Waals surface area contributed by atoms with E-state index < -0.39 is 6.10 Å². The fourth-order valence-electron chi connectivity index (χ4n) is 3.17. The molecule has 0 radical (unpaired) electrons. The van der Waals surface area contributed by atoms with Gasteiger partial charge in [-0.2, -0.15) is 0 Å². The van der Waals surface area contributed by atoms with Crippen LogP contribution in [0.25, 0.3) is 16.6 Å². The lowest BCUT2D eigenvalue weighted by Crippen LogP contribution is -2.33. The van der Waals surface area contributed by atoms with Crippen molar-refractivity contribution in [2.45, 2.75) is 12.6 Å². The molecule has 0 saturated heterocycles. The molecule has 4 rings (SSSR count). The number of carbonyl (C=O) groups excluding carboxylic acids is 1. The molecule has 0 fully saturated rings. The number of nitrogens with zero attached hydrogens (tertiary/aromatic N) is 2. The van der Waals surface area contributed by atoms with Gasteiger partial charge in [-0.15, -0.1) is 11.3 Å². The number of furan rings is 1. The molecule has 2 heterocycles. The van der Waals surface area contributed by atoms with Crippen LogP contribution < -0.4 is 0 Å². The number of thiazole rings is 1. The summed E-state index contributed by atoms with van der Waals surface area (Å²) in [6, 6.07) is 19.1. The predicted octanol–water partition coefficient (Wildman–Crippen LogP) is 5.32. The molecule has 0 aliphatic heterocycles. The van der Waals surface area contributed by atoms with Crippen molar-refractivity contribution in [3.05, 3.63) is 107 Å². The monoisotopic (exact) mass is 448 g/mol. The first-order valence-corrected chi connectivity index (χ1v) is 10.9. The van der Waals surface area contributed by atoms with Gasteiger partial charge >= 0.3 is 0 Å². The van der Waals surface area contributed by atoms with Crippen LogP contribution in [-0.2, 0) is 11.3 Å². The molecule has 4 aromatic rings. The van der Waals surface area contributed by atoms with Crippen molar-refractivity contribution < 1.29 is 18.7 Å². The normalized spacial score (nSPS) is 12.2. The minimum absolute atomic E-state index is 0.0868. The Morgan fingerprint density at radius 2 is 1.91 bits per heavy atom. The van der Waals surface area contributed by atoms with Crippen LogP contribution in [0.2, 0.25) is 0 Å². The first-order valence-electron chi connectivity index (χ1n) is 10.0. The van der Waals surface area contributed by atoms with E-state index in [0.717, 1.165) is 16.1 Å². The van der Waals surface area contributed by atoms with Gasteiger partial charge in [0.2, 0.25) is 5.91 Å². The van der Waals surface area contributed by atoms with Crippen LogP contribution in [0.1, 0.15) is 23.1 Å². The highest BCUT2D eigenvalue weighted by Crippen LogP contribution is 2.24. The third-order valence-electron chi connectivity index (χ3n) is 4.80. The molecule has 1 atom stereocenters. The fraction of sp³-hybridized carbons (Fsp3) is 0.120. The van der Waals surface area contributed by atoms with Gasteiger partial charge in [0.05, 0.1) is 18.5 Å². The highest BCUT2D eigenvalue weighted by molar-refractivity contribution is 7.13. The summed E-state index contributed by atoms with van der Waals surface area (Å²) in [6.07, 6.45) is 3.64. The highest BCUT2D eigenvalue weighted by Gasteiger charge is 2.19. The number of aromatic nitrogens is 1.